The Labute approximate surface area is 103 Å². The van der Waals surface area contributed by atoms with Crippen LogP contribution < -0.4 is 5.32 Å². The van der Waals surface area contributed by atoms with E-state index >= 15 is 0 Å². The Kier molecular flexibility index (Phi) is 4.50. The molecule has 0 aliphatic carbocycles. The first-order valence-electron chi connectivity index (χ1n) is 6.44. The van der Waals surface area contributed by atoms with Crippen LogP contribution in [0.4, 0.5) is 0 Å². The second-order valence-electron chi connectivity index (χ2n) is 5.04. The van der Waals surface area contributed by atoms with E-state index in [2.05, 4.69) is 29.2 Å². The molecular formula is C12H22N4O. The Hall–Kier alpha value is -0.940. The van der Waals surface area contributed by atoms with Gasteiger partial charge in [0.15, 0.2) is 5.82 Å². The summed E-state index contributed by atoms with van der Waals surface area (Å²) >= 11 is 0. The van der Waals surface area contributed by atoms with Crippen molar-refractivity contribution in [1.29, 1.82) is 0 Å². The lowest BCUT2D eigenvalue weighted by molar-refractivity contribution is 0.0547. The van der Waals surface area contributed by atoms with Gasteiger partial charge in [-0.25, -0.2) is 9.67 Å². The van der Waals surface area contributed by atoms with Gasteiger partial charge in [0.2, 0.25) is 0 Å². The summed E-state index contributed by atoms with van der Waals surface area (Å²) in [6.45, 7) is 7.78. The van der Waals surface area contributed by atoms with Gasteiger partial charge in [-0.2, -0.15) is 5.10 Å². The van der Waals surface area contributed by atoms with Crippen LogP contribution in [0.15, 0.2) is 6.33 Å². The summed E-state index contributed by atoms with van der Waals surface area (Å²) in [7, 11) is 0. The molecular weight excluding hydrogens is 216 g/mol. The number of nitrogens with zero attached hydrogens (tertiary/aromatic N) is 3. The van der Waals surface area contributed by atoms with Crippen molar-refractivity contribution in [2.75, 3.05) is 19.8 Å². The summed E-state index contributed by atoms with van der Waals surface area (Å²) < 4.78 is 7.40. The van der Waals surface area contributed by atoms with E-state index in [1.54, 1.807) is 0 Å². The predicted octanol–water partition coefficient (Wildman–Crippen LogP) is 1.38. The van der Waals surface area contributed by atoms with E-state index in [1.807, 2.05) is 11.0 Å². The van der Waals surface area contributed by atoms with Gasteiger partial charge in [-0.05, 0) is 25.3 Å². The molecule has 96 valence electrons. The molecule has 0 bridgehead atoms. The quantitative estimate of drug-likeness (QED) is 0.842. The lowest BCUT2D eigenvalue weighted by Crippen LogP contribution is -2.22. The molecule has 1 aliphatic heterocycles. The molecule has 0 saturated carbocycles. The van der Waals surface area contributed by atoms with Crippen molar-refractivity contribution in [1.82, 2.24) is 20.1 Å². The average Bonchev–Trinajstić information content (AvgIpc) is 2.78. The normalized spacial score (nSPS) is 21.0. The van der Waals surface area contributed by atoms with Crippen molar-refractivity contribution < 1.29 is 4.74 Å². The molecule has 2 rings (SSSR count). The highest BCUT2D eigenvalue weighted by Crippen LogP contribution is 2.17. The highest BCUT2D eigenvalue weighted by molar-refractivity contribution is 4.83. The first kappa shape index (κ1) is 12.5. The minimum atomic E-state index is 0.370. The van der Waals surface area contributed by atoms with Gasteiger partial charge in [-0.1, -0.05) is 13.8 Å². The topological polar surface area (TPSA) is 52.0 Å². The van der Waals surface area contributed by atoms with Gasteiger partial charge in [-0.15, -0.1) is 0 Å². The summed E-state index contributed by atoms with van der Waals surface area (Å²) in [4.78, 5) is 4.32. The third-order valence-electron chi connectivity index (χ3n) is 2.90. The van der Waals surface area contributed by atoms with Crippen LogP contribution in [-0.4, -0.2) is 34.5 Å². The summed E-state index contributed by atoms with van der Waals surface area (Å²) in [6.07, 6.45) is 4.08. The number of hydrogen-bond acceptors (Lipinski definition) is 4. The summed E-state index contributed by atoms with van der Waals surface area (Å²) in [5.74, 6) is 1.53. The van der Waals surface area contributed by atoms with Gasteiger partial charge >= 0.3 is 0 Å². The van der Waals surface area contributed by atoms with Crippen LogP contribution in [0.25, 0.3) is 0 Å². The molecule has 1 aromatic heterocycles. The van der Waals surface area contributed by atoms with Crippen molar-refractivity contribution in [2.45, 2.75) is 39.3 Å². The molecule has 5 nitrogen and oxygen atoms in total. The third kappa shape index (κ3) is 3.78. The van der Waals surface area contributed by atoms with Crippen LogP contribution in [0.5, 0.6) is 0 Å². The maximum Gasteiger partial charge on any atom is 0.164 e. The smallest absolute Gasteiger partial charge is 0.164 e. The fraction of sp³-hybridized carbons (Fsp3) is 0.833. The molecule has 0 radical (unpaired) electrons. The fourth-order valence-corrected chi connectivity index (χ4v) is 1.97. The molecule has 1 unspecified atom stereocenters. The molecule has 1 aromatic rings. The van der Waals surface area contributed by atoms with E-state index in [4.69, 9.17) is 4.74 Å². The van der Waals surface area contributed by atoms with Gasteiger partial charge in [0.25, 0.3) is 0 Å². The predicted molar refractivity (Wildman–Crippen MR) is 65.7 cm³/mol. The maximum absolute atomic E-state index is 5.45. The van der Waals surface area contributed by atoms with E-state index in [0.717, 1.165) is 45.0 Å². The number of aromatic nitrogens is 3. The zero-order chi connectivity index (χ0) is 12.1. The molecule has 1 atom stereocenters. The Morgan fingerprint density at radius 2 is 2.47 bits per heavy atom. The van der Waals surface area contributed by atoms with Crippen molar-refractivity contribution in [3.05, 3.63) is 12.2 Å². The first-order chi connectivity index (χ1) is 8.25. The molecule has 2 heterocycles. The summed E-state index contributed by atoms with van der Waals surface area (Å²) in [5.41, 5.74) is 0. The van der Waals surface area contributed by atoms with E-state index in [-0.39, 0.29) is 0 Å². The van der Waals surface area contributed by atoms with Gasteiger partial charge in [-0.3, -0.25) is 0 Å². The minimum absolute atomic E-state index is 0.370. The fourth-order valence-electron chi connectivity index (χ4n) is 1.97. The van der Waals surface area contributed by atoms with Crippen LogP contribution in [0, 0.1) is 5.92 Å². The molecule has 0 amide bonds. The molecule has 1 fully saturated rings. The van der Waals surface area contributed by atoms with Crippen LogP contribution in [0.1, 0.15) is 38.6 Å². The van der Waals surface area contributed by atoms with Crippen LogP contribution in [0.3, 0.4) is 0 Å². The van der Waals surface area contributed by atoms with E-state index in [9.17, 15) is 0 Å². The largest absolute Gasteiger partial charge is 0.379 e. The van der Waals surface area contributed by atoms with Crippen LogP contribution >= 0.6 is 0 Å². The Bertz CT molecular complexity index is 331. The van der Waals surface area contributed by atoms with Crippen molar-refractivity contribution in [2.24, 2.45) is 5.92 Å². The van der Waals surface area contributed by atoms with E-state index in [1.165, 1.54) is 0 Å². The summed E-state index contributed by atoms with van der Waals surface area (Å²) in [6, 6.07) is 0.370. The lowest BCUT2D eigenvalue weighted by atomic mass is 10.1. The van der Waals surface area contributed by atoms with Gasteiger partial charge < -0.3 is 10.1 Å². The van der Waals surface area contributed by atoms with Gasteiger partial charge in [0, 0.05) is 6.61 Å². The summed E-state index contributed by atoms with van der Waals surface area (Å²) in [5, 5.41) is 7.84. The second-order valence-corrected chi connectivity index (χ2v) is 5.04. The van der Waals surface area contributed by atoms with Gasteiger partial charge in [0.1, 0.15) is 6.33 Å². The molecule has 5 heteroatoms. The zero-order valence-corrected chi connectivity index (χ0v) is 10.7. The molecule has 17 heavy (non-hydrogen) atoms. The Balaban J connectivity index is 1.82. The average molecular weight is 238 g/mol. The SMILES string of the molecule is CC(C)CNCc1ncn(C2CCCOC2)n1. The number of nitrogens with one attached hydrogen (secondary N) is 1. The molecule has 1 saturated heterocycles. The Morgan fingerprint density at radius 1 is 1.59 bits per heavy atom. The van der Waals surface area contributed by atoms with Crippen LogP contribution in [0.2, 0.25) is 0 Å². The highest BCUT2D eigenvalue weighted by Gasteiger charge is 2.16. The number of hydrogen-bond donors (Lipinski definition) is 1. The zero-order valence-electron chi connectivity index (χ0n) is 10.7. The Morgan fingerprint density at radius 3 is 3.18 bits per heavy atom. The first-order valence-corrected chi connectivity index (χ1v) is 6.44. The molecule has 0 spiro atoms. The monoisotopic (exact) mass is 238 g/mol. The van der Waals surface area contributed by atoms with E-state index < -0.39 is 0 Å². The molecule has 0 aromatic carbocycles. The standard InChI is InChI=1S/C12H22N4O/c1-10(2)6-13-7-12-14-9-16(15-12)11-4-3-5-17-8-11/h9-11,13H,3-8H2,1-2H3. The third-order valence-corrected chi connectivity index (χ3v) is 2.90. The number of rotatable bonds is 5. The van der Waals surface area contributed by atoms with Gasteiger partial charge in [0.05, 0.1) is 19.2 Å². The van der Waals surface area contributed by atoms with Crippen molar-refractivity contribution >= 4 is 0 Å². The van der Waals surface area contributed by atoms with Crippen LogP contribution in [-0.2, 0) is 11.3 Å². The maximum atomic E-state index is 5.45. The second kappa shape index (κ2) is 6.12. The minimum Gasteiger partial charge on any atom is -0.379 e. The molecule has 1 N–H and O–H groups in total. The highest BCUT2D eigenvalue weighted by atomic mass is 16.5. The lowest BCUT2D eigenvalue weighted by Gasteiger charge is -2.21. The molecule has 1 aliphatic rings. The number of ether oxygens (including phenoxy) is 1. The van der Waals surface area contributed by atoms with Crippen molar-refractivity contribution in [3.63, 3.8) is 0 Å². The van der Waals surface area contributed by atoms with Crippen molar-refractivity contribution in [3.8, 4) is 0 Å². The van der Waals surface area contributed by atoms with E-state index in [0.29, 0.717) is 12.0 Å².